The number of amides is 2. The van der Waals surface area contributed by atoms with Crippen molar-refractivity contribution in [3.63, 3.8) is 0 Å². The zero-order valence-electron chi connectivity index (χ0n) is 22.9. The van der Waals surface area contributed by atoms with Gasteiger partial charge in [0.1, 0.15) is 29.5 Å². The van der Waals surface area contributed by atoms with Crippen LogP contribution in [-0.2, 0) is 14.3 Å². The van der Waals surface area contributed by atoms with Gasteiger partial charge in [0, 0.05) is 5.69 Å². The van der Waals surface area contributed by atoms with Crippen molar-refractivity contribution >= 4 is 35.3 Å². The molecule has 210 valence electrons. The van der Waals surface area contributed by atoms with Gasteiger partial charge in [0.15, 0.2) is 0 Å². The number of ether oxygens (including phenoxy) is 3. The summed E-state index contributed by atoms with van der Waals surface area (Å²) in [6.45, 7) is 9.15. The number of esters is 1. The van der Waals surface area contributed by atoms with Gasteiger partial charge in [-0.05, 0) is 71.0 Å². The molecule has 40 heavy (non-hydrogen) atoms. The van der Waals surface area contributed by atoms with Crippen molar-refractivity contribution < 1.29 is 33.0 Å². The monoisotopic (exact) mass is 550 g/mol. The van der Waals surface area contributed by atoms with Crippen molar-refractivity contribution in [2.24, 2.45) is 0 Å². The summed E-state index contributed by atoms with van der Waals surface area (Å²) >= 11 is 0. The molecule has 3 N–H and O–H groups in total. The number of H-pyrrole nitrogens is 1. The summed E-state index contributed by atoms with van der Waals surface area (Å²) in [7, 11) is 0. The van der Waals surface area contributed by atoms with Crippen LogP contribution < -0.4 is 15.4 Å². The summed E-state index contributed by atoms with van der Waals surface area (Å²) in [4.78, 5) is 44.8. The van der Waals surface area contributed by atoms with Crippen LogP contribution in [0.15, 0.2) is 36.4 Å². The van der Waals surface area contributed by atoms with Gasteiger partial charge in [0.25, 0.3) is 5.91 Å². The number of aromatic amines is 1. The summed E-state index contributed by atoms with van der Waals surface area (Å²) < 4.78 is 31.2. The normalized spacial score (nSPS) is 13.6. The maximum Gasteiger partial charge on any atom is 0.407 e. The van der Waals surface area contributed by atoms with Crippen LogP contribution in [-0.4, -0.2) is 53.3 Å². The summed E-state index contributed by atoms with van der Waals surface area (Å²) in [6.07, 6.45) is 0.939. The van der Waals surface area contributed by atoms with E-state index in [2.05, 4.69) is 20.6 Å². The van der Waals surface area contributed by atoms with E-state index in [0.717, 1.165) is 0 Å². The second kappa shape index (κ2) is 11.6. The number of aromatic nitrogens is 2. The van der Waals surface area contributed by atoms with E-state index in [0.29, 0.717) is 22.8 Å². The van der Waals surface area contributed by atoms with E-state index in [-0.39, 0.29) is 47.9 Å². The molecule has 1 aliphatic heterocycles. The van der Waals surface area contributed by atoms with Crippen molar-refractivity contribution in [2.45, 2.75) is 40.2 Å². The predicted molar refractivity (Wildman–Crippen MR) is 147 cm³/mol. The lowest BCUT2D eigenvalue weighted by molar-refractivity contribution is -0.110. The molecule has 1 aromatic carbocycles. The van der Waals surface area contributed by atoms with E-state index in [1.807, 2.05) is 0 Å². The number of halogens is 1. The van der Waals surface area contributed by atoms with E-state index in [9.17, 15) is 14.4 Å². The Morgan fingerprint density at radius 2 is 1.95 bits per heavy atom. The first kappa shape index (κ1) is 28.3. The van der Waals surface area contributed by atoms with Crippen molar-refractivity contribution in [1.82, 2.24) is 15.3 Å². The average molecular weight is 551 g/mol. The Labute approximate surface area is 230 Å². The lowest BCUT2D eigenvalue weighted by Gasteiger charge is -2.19. The summed E-state index contributed by atoms with van der Waals surface area (Å²) in [5.74, 6) is -1.29. The lowest BCUT2D eigenvalue weighted by atomic mass is 10.1. The second-order valence-corrected chi connectivity index (χ2v) is 10.00. The molecule has 0 spiro atoms. The molecule has 2 aromatic heterocycles. The van der Waals surface area contributed by atoms with E-state index >= 15 is 4.39 Å². The van der Waals surface area contributed by atoms with Crippen molar-refractivity contribution in [3.05, 3.63) is 64.9 Å². The fraction of sp³-hybridized carbons (Fsp3) is 0.310. The van der Waals surface area contributed by atoms with E-state index in [1.54, 1.807) is 58.9 Å². The highest BCUT2D eigenvalue weighted by atomic mass is 19.1. The second-order valence-electron chi connectivity index (χ2n) is 10.00. The molecule has 0 bridgehead atoms. The van der Waals surface area contributed by atoms with Crippen LogP contribution >= 0.6 is 0 Å². The number of nitrogens with one attached hydrogen (secondary N) is 3. The lowest BCUT2D eigenvalue weighted by Crippen LogP contribution is -2.34. The van der Waals surface area contributed by atoms with Crippen LogP contribution in [0.1, 0.15) is 55.1 Å². The maximum absolute atomic E-state index is 15.1. The van der Waals surface area contributed by atoms with E-state index in [4.69, 9.17) is 14.2 Å². The van der Waals surface area contributed by atoms with Crippen molar-refractivity contribution in [2.75, 3.05) is 25.1 Å². The smallest absolute Gasteiger partial charge is 0.407 e. The zero-order valence-corrected chi connectivity index (χ0v) is 22.9. The minimum atomic E-state index is -0.635. The number of aryl methyl sites for hydroxylation is 1. The van der Waals surface area contributed by atoms with Gasteiger partial charge < -0.3 is 29.8 Å². The number of hydrogen-bond donors (Lipinski definition) is 3. The van der Waals surface area contributed by atoms with Gasteiger partial charge in [-0.15, -0.1) is 0 Å². The highest BCUT2D eigenvalue weighted by Gasteiger charge is 2.28. The number of hydrogen-bond acceptors (Lipinski definition) is 7. The summed E-state index contributed by atoms with van der Waals surface area (Å²) in [6, 6.07) is 9.22. The first-order valence-corrected chi connectivity index (χ1v) is 12.8. The third-order valence-corrected chi connectivity index (χ3v) is 5.67. The maximum atomic E-state index is 15.1. The van der Waals surface area contributed by atoms with Crippen molar-refractivity contribution in [3.8, 4) is 17.0 Å². The molecular formula is C29H31FN4O6. The SMILES string of the molecule is CCOC(=O)c1cc(C)[nH]c1/C=C1\C(=O)Nc2ccc(-c3c(F)cccc3OCCNC(=O)OC(C)(C)C)nc21. The highest BCUT2D eigenvalue weighted by Crippen LogP contribution is 2.37. The molecule has 0 fully saturated rings. The molecule has 11 heteroatoms. The molecule has 0 saturated heterocycles. The molecule has 10 nitrogen and oxygen atoms in total. The Morgan fingerprint density at radius 1 is 1.18 bits per heavy atom. The molecule has 0 unspecified atom stereocenters. The minimum absolute atomic E-state index is 0.0502. The average Bonchev–Trinajstić information content (AvgIpc) is 3.39. The number of benzene rings is 1. The number of fused-ring (bicyclic) bond motifs is 1. The number of pyridine rings is 1. The number of rotatable bonds is 8. The first-order chi connectivity index (χ1) is 19.0. The largest absolute Gasteiger partial charge is 0.491 e. The van der Waals surface area contributed by atoms with Gasteiger partial charge in [-0.1, -0.05) is 6.07 Å². The molecule has 0 atom stereocenters. The third kappa shape index (κ3) is 6.48. The Hall–Kier alpha value is -4.67. The summed E-state index contributed by atoms with van der Waals surface area (Å²) in [5.41, 5.74) is 2.04. The zero-order chi connectivity index (χ0) is 29.0. The van der Waals surface area contributed by atoms with Crippen molar-refractivity contribution in [1.29, 1.82) is 0 Å². The van der Waals surface area contributed by atoms with Crippen LogP contribution in [0.2, 0.25) is 0 Å². The molecule has 0 saturated carbocycles. The molecular weight excluding hydrogens is 519 g/mol. The van der Waals surface area contributed by atoms with Gasteiger partial charge in [0.05, 0.1) is 46.9 Å². The van der Waals surface area contributed by atoms with E-state index in [1.165, 1.54) is 18.2 Å². The Morgan fingerprint density at radius 3 is 2.67 bits per heavy atom. The summed E-state index contributed by atoms with van der Waals surface area (Å²) in [5, 5.41) is 5.34. The third-order valence-electron chi connectivity index (χ3n) is 5.67. The van der Waals surface area contributed by atoms with Crippen LogP contribution in [0.4, 0.5) is 14.9 Å². The number of carbonyl (C=O) groups excluding carboxylic acids is 3. The topological polar surface area (TPSA) is 132 Å². The fourth-order valence-electron chi connectivity index (χ4n) is 4.08. The van der Waals surface area contributed by atoms with Crippen LogP contribution in [0.3, 0.4) is 0 Å². The van der Waals surface area contributed by atoms with Gasteiger partial charge in [-0.3, -0.25) is 4.79 Å². The number of alkyl carbamates (subject to hydrolysis) is 1. The molecule has 1 aliphatic rings. The molecule has 4 rings (SSSR count). The number of anilines is 1. The fourth-order valence-corrected chi connectivity index (χ4v) is 4.08. The van der Waals surface area contributed by atoms with Gasteiger partial charge in [-0.25, -0.2) is 19.0 Å². The van der Waals surface area contributed by atoms with Crippen LogP contribution in [0.5, 0.6) is 5.75 Å². The van der Waals surface area contributed by atoms with Gasteiger partial charge in [-0.2, -0.15) is 0 Å². The van der Waals surface area contributed by atoms with E-state index < -0.39 is 29.4 Å². The number of carbonyl (C=O) groups is 3. The van der Waals surface area contributed by atoms with Gasteiger partial charge in [0.2, 0.25) is 0 Å². The standard InChI is InChI=1S/C29H31FN4O6/c1-6-38-27(36)17-14-16(2)32-22(17)15-18-25-21(34-26(18)35)11-10-20(33-25)24-19(30)8-7-9-23(24)39-13-12-31-28(37)40-29(3,4)5/h7-11,14-15,32H,6,12-13H2,1-5H3,(H,31,37)(H,34,35)/b18-15-. The predicted octanol–water partition coefficient (Wildman–Crippen LogP) is 5.10. The number of nitrogens with zero attached hydrogens (tertiary/aromatic N) is 1. The Kier molecular flexibility index (Phi) is 8.22. The molecule has 3 heterocycles. The molecule has 0 aliphatic carbocycles. The highest BCUT2D eigenvalue weighted by molar-refractivity contribution is 6.34. The molecule has 0 radical (unpaired) electrons. The van der Waals surface area contributed by atoms with Crippen LogP contribution in [0, 0.1) is 12.7 Å². The quantitative estimate of drug-likeness (QED) is 0.202. The Balaban J connectivity index is 1.61. The minimum Gasteiger partial charge on any atom is -0.491 e. The first-order valence-electron chi connectivity index (χ1n) is 12.8. The molecule has 3 aromatic rings. The molecule has 2 amide bonds. The van der Waals surface area contributed by atoms with Crippen LogP contribution in [0.25, 0.3) is 22.9 Å². The Bertz CT molecular complexity index is 1490. The van der Waals surface area contributed by atoms with Gasteiger partial charge >= 0.3 is 12.1 Å².